The highest BCUT2D eigenvalue weighted by molar-refractivity contribution is 5.95. The Hall–Kier alpha value is -3.94. The minimum atomic E-state index is -0.869. The van der Waals surface area contributed by atoms with Gasteiger partial charge in [-0.05, 0) is 73.2 Å². The number of aromatic nitrogens is 3. The summed E-state index contributed by atoms with van der Waals surface area (Å²) in [6.07, 6.45) is 1.22. The molecular weight excluding hydrogens is 464 g/mol. The van der Waals surface area contributed by atoms with Crippen molar-refractivity contribution < 1.29 is 14.6 Å². The van der Waals surface area contributed by atoms with Gasteiger partial charge >= 0.3 is 0 Å². The Morgan fingerprint density at radius 3 is 2.57 bits per heavy atom. The zero-order valence-electron chi connectivity index (χ0n) is 21.4. The third-order valence-electron chi connectivity index (χ3n) is 6.49. The summed E-state index contributed by atoms with van der Waals surface area (Å²) < 4.78 is 13.6. The smallest absolute Gasteiger partial charge is 0.158 e. The summed E-state index contributed by atoms with van der Waals surface area (Å²) >= 11 is 0. The van der Waals surface area contributed by atoms with Crippen LogP contribution < -0.4 is 10.5 Å². The summed E-state index contributed by atoms with van der Waals surface area (Å²) in [5.74, 6) is 1.25. The quantitative estimate of drug-likeness (QED) is 0.247. The Morgan fingerprint density at radius 2 is 1.76 bits per heavy atom. The summed E-state index contributed by atoms with van der Waals surface area (Å²) in [5.41, 5.74) is 11.0. The van der Waals surface area contributed by atoms with Crippen molar-refractivity contribution in [2.45, 2.75) is 46.1 Å². The van der Waals surface area contributed by atoms with Crippen molar-refractivity contribution in [2.75, 3.05) is 12.3 Å². The number of nitrogens with zero attached hydrogens (tertiary/aromatic N) is 3. The van der Waals surface area contributed by atoms with E-state index in [9.17, 15) is 5.11 Å². The lowest BCUT2D eigenvalue weighted by molar-refractivity contribution is -0.0930. The van der Waals surface area contributed by atoms with E-state index in [2.05, 4.69) is 49.2 Å². The van der Waals surface area contributed by atoms with Gasteiger partial charge in [-0.1, -0.05) is 36.4 Å². The number of ether oxygens (including phenoxy) is 2. The first-order valence-electron chi connectivity index (χ1n) is 12.6. The number of anilines is 1. The van der Waals surface area contributed by atoms with Crippen LogP contribution in [0.1, 0.15) is 38.1 Å². The van der Waals surface area contributed by atoms with E-state index in [0.29, 0.717) is 31.2 Å². The van der Waals surface area contributed by atoms with Crippen molar-refractivity contribution in [3.05, 3.63) is 84.2 Å². The number of aliphatic hydroxyl groups is 1. The molecule has 1 unspecified atom stereocenters. The molecule has 3 N–H and O–H groups in total. The Kier molecular flexibility index (Phi) is 7.08. The Bertz CT molecular complexity index is 1540. The molecule has 3 aromatic carbocycles. The first kappa shape index (κ1) is 24.7. The Morgan fingerprint density at radius 1 is 0.973 bits per heavy atom. The number of rotatable bonds is 9. The van der Waals surface area contributed by atoms with Crippen LogP contribution in [0, 0.1) is 0 Å². The predicted molar refractivity (Wildman–Crippen MR) is 147 cm³/mol. The fourth-order valence-electron chi connectivity index (χ4n) is 4.66. The van der Waals surface area contributed by atoms with Crippen LogP contribution in [-0.4, -0.2) is 32.8 Å². The molecule has 1 atom stereocenters. The molecule has 0 aliphatic carbocycles. The molecule has 7 heteroatoms. The number of para-hydroxylation sites is 1. The largest absolute Gasteiger partial charge is 0.487 e. The molecule has 0 saturated carbocycles. The maximum atomic E-state index is 10.1. The van der Waals surface area contributed by atoms with Gasteiger partial charge in [-0.2, -0.15) is 5.10 Å². The number of aliphatic hydroxyl groups excluding tert-OH is 1. The van der Waals surface area contributed by atoms with E-state index in [1.807, 2.05) is 48.0 Å². The Labute approximate surface area is 216 Å². The standard InChI is InChI=1S/C30H32N4O3/c1-4-36-29(35)17-23-7-5-6-8-28(23)37-18-26-25-16-21(10-12-27(25)34(33-26)19(2)3)20-9-11-24-22(15-20)13-14-32-30(24)31/h5-16,19,29,35H,4,17-18H2,1-3H3,(H2,31,32). The van der Waals surface area contributed by atoms with Crippen molar-refractivity contribution in [1.29, 1.82) is 0 Å². The minimum absolute atomic E-state index is 0.201. The second-order valence-electron chi connectivity index (χ2n) is 9.36. The predicted octanol–water partition coefficient (Wildman–Crippen LogP) is 5.89. The third-order valence-corrected chi connectivity index (χ3v) is 6.49. The van der Waals surface area contributed by atoms with Crippen molar-refractivity contribution >= 4 is 27.5 Å². The van der Waals surface area contributed by atoms with E-state index < -0.39 is 6.29 Å². The van der Waals surface area contributed by atoms with Gasteiger partial charge in [-0.15, -0.1) is 0 Å². The van der Waals surface area contributed by atoms with Gasteiger partial charge in [0, 0.05) is 36.0 Å². The molecule has 2 aromatic heterocycles. The van der Waals surface area contributed by atoms with E-state index in [1.54, 1.807) is 6.20 Å². The topological polar surface area (TPSA) is 95.4 Å². The summed E-state index contributed by atoms with van der Waals surface area (Å²) in [5, 5.41) is 18.1. The maximum Gasteiger partial charge on any atom is 0.158 e. The second kappa shape index (κ2) is 10.6. The van der Waals surface area contributed by atoms with Gasteiger partial charge in [0.25, 0.3) is 0 Å². The van der Waals surface area contributed by atoms with Crippen LogP contribution in [0.3, 0.4) is 0 Å². The zero-order chi connectivity index (χ0) is 25.9. The van der Waals surface area contributed by atoms with Crippen molar-refractivity contribution in [3.63, 3.8) is 0 Å². The summed E-state index contributed by atoms with van der Waals surface area (Å²) in [4.78, 5) is 4.19. The van der Waals surface area contributed by atoms with Crippen LogP contribution in [0.15, 0.2) is 72.9 Å². The molecule has 0 radical (unpaired) electrons. The molecule has 0 fully saturated rings. The summed E-state index contributed by atoms with van der Waals surface area (Å²) in [6, 6.07) is 22.6. The molecule has 37 heavy (non-hydrogen) atoms. The molecule has 190 valence electrons. The van der Waals surface area contributed by atoms with Gasteiger partial charge < -0.3 is 20.3 Å². The van der Waals surface area contributed by atoms with E-state index in [1.165, 1.54) is 0 Å². The Balaban J connectivity index is 1.49. The summed E-state index contributed by atoms with van der Waals surface area (Å²) in [7, 11) is 0. The SMILES string of the molecule is CCOC(O)Cc1ccccc1OCc1nn(C(C)C)c2ccc(-c3ccc4c(N)nccc4c3)cc12. The average molecular weight is 497 g/mol. The van der Waals surface area contributed by atoms with Crippen LogP contribution in [0.25, 0.3) is 32.8 Å². The minimum Gasteiger partial charge on any atom is -0.487 e. The van der Waals surface area contributed by atoms with Gasteiger partial charge in [0.2, 0.25) is 0 Å². The first-order valence-corrected chi connectivity index (χ1v) is 12.6. The van der Waals surface area contributed by atoms with Crippen molar-refractivity contribution in [1.82, 2.24) is 14.8 Å². The van der Waals surface area contributed by atoms with E-state index in [0.717, 1.165) is 44.1 Å². The molecule has 0 aliphatic rings. The van der Waals surface area contributed by atoms with Gasteiger partial charge in [-0.3, -0.25) is 4.68 Å². The summed E-state index contributed by atoms with van der Waals surface area (Å²) in [6.45, 7) is 6.86. The molecule has 0 saturated heterocycles. The lowest BCUT2D eigenvalue weighted by Gasteiger charge is -2.14. The molecule has 7 nitrogen and oxygen atoms in total. The highest BCUT2D eigenvalue weighted by atomic mass is 16.6. The lowest BCUT2D eigenvalue weighted by Crippen LogP contribution is -2.15. The number of nitrogen functional groups attached to an aromatic ring is 1. The number of nitrogens with two attached hydrogens (primary N) is 1. The third kappa shape index (κ3) is 5.14. The molecular formula is C30H32N4O3. The van der Waals surface area contributed by atoms with Crippen LogP contribution >= 0.6 is 0 Å². The van der Waals surface area contributed by atoms with E-state index in [-0.39, 0.29) is 6.04 Å². The molecule has 5 rings (SSSR count). The molecule has 0 spiro atoms. The van der Waals surface area contributed by atoms with E-state index in [4.69, 9.17) is 20.3 Å². The van der Waals surface area contributed by atoms with Crippen molar-refractivity contribution in [3.8, 4) is 16.9 Å². The zero-order valence-corrected chi connectivity index (χ0v) is 21.4. The van der Waals surface area contributed by atoms with E-state index >= 15 is 0 Å². The molecule has 0 amide bonds. The first-order chi connectivity index (χ1) is 17.9. The fraction of sp³-hybridized carbons (Fsp3) is 0.267. The highest BCUT2D eigenvalue weighted by Crippen LogP contribution is 2.32. The number of pyridine rings is 1. The molecule has 0 aliphatic heterocycles. The molecule has 2 heterocycles. The number of benzene rings is 3. The molecule has 5 aromatic rings. The van der Waals surface area contributed by atoms with Gasteiger partial charge in [-0.25, -0.2) is 4.98 Å². The normalized spacial score (nSPS) is 12.5. The molecule has 0 bridgehead atoms. The van der Waals surface area contributed by atoms with Crippen LogP contribution in [0.4, 0.5) is 5.82 Å². The monoisotopic (exact) mass is 496 g/mol. The fourth-order valence-corrected chi connectivity index (χ4v) is 4.66. The van der Waals surface area contributed by atoms with Crippen molar-refractivity contribution in [2.24, 2.45) is 0 Å². The van der Waals surface area contributed by atoms with Crippen LogP contribution in [0.2, 0.25) is 0 Å². The number of hydrogen-bond acceptors (Lipinski definition) is 6. The second-order valence-corrected chi connectivity index (χ2v) is 9.36. The number of fused-ring (bicyclic) bond motifs is 2. The average Bonchev–Trinajstić information content (AvgIpc) is 3.26. The van der Waals surface area contributed by atoms with Gasteiger partial charge in [0.05, 0.1) is 5.52 Å². The van der Waals surface area contributed by atoms with Crippen LogP contribution in [0.5, 0.6) is 5.75 Å². The van der Waals surface area contributed by atoms with Gasteiger partial charge in [0.15, 0.2) is 6.29 Å². The van der Waals surface area contributed by atoms with Crippen LogP contribution in [-0.2, 0) is 17.8 Å². The van der Waals surface area contributed by atoms with Gasteiger partial charge in [0.1, 0.15) is 23.9 Å². The highest BCUT2D eigenvalue weighted by Gasteiger charge is 2.16. The maximum absolute atomic E-state index is 10.1. The lowest BCUT2D eigenvalue weighted by atomic mass is 10.00. The number of hydrogen-bond donors (Lipinski definition) is 2.